The fourth-order valence-corrected chi connectivity index (χ4v) is 4.02. The molecule has 1 saturated carbocycles. The second-order valence-electron chi connectivity index (χ2n) is 8.08. The molecule has 0 saturated heterocycles. The fourth-order valence-electron chi connectivity index (χ4n) is 4.02. The van der Waals surface area contributed by atoms with Crippen LogP contribution in [-0.4, -0.2) is 70.9 Å². The molecule has 1 amide bonds. The van der Waals surface area contributed by atoms with E-state index in [9.17, 15) is 9.90 Å². The van der Waals surface area contributed by atoms with Crippen molar-refractivity contribution in [3.8, 4) is 0 Å². The minimum Gasteiger partial charge on any atom is -0.390 e. The van der Waals surface area contributed by atoms with Crippen molar-refractivity contribution in [2.24, 2.45) is 0 Å². The van der Waals surface area contributed by atoms with E-state index in [1.165, 1.54) is 17.5 Å². The Morgan fingerprint density at radius 1 is 1.30 bits per heavy atom. The van der Waals surface area contributed by atoms with Crippen LogP contribution >= 0.6 is 0 Å². The SMILES string of the molecule is CO[C@H]1C[C@H](Nc2cc(C(=O)NC[C@H](O)CN3CCc4ccccc4C3)ncn2)C1. The zero-order valence-electron chi connectivity index (χ0n) is 17.3. The third kappa shape index (κ3) is 5.13. The summed E-state index contributed by atoms with van der Waals surface area (Å²) < 4.78 is 5.28. The standard InChI is InChI=1S/C22H29N5O3/c1-30-19-8-17(9-19)26-21-10-20(24-14-25-21)22(29)23-11-18(28)13-27-7-6-15-4-2-3-5-16(15)12-27/h2-5,10,14,17-19,28H,6-9,11-13H2,1H3,(H,23,29)(H,24,25,26)/t17-,18-,19-/m0/s1. The van der Waals surface area contributed by atoms with Crippen LogP contribution in [0.1, 0.15) is 34.5 Å². The first-order valence-corrected chi connectivity index (χ1v) is 10.5. The Bertz CT molecular complexity index is 871. The van der Waals surface area contributed by atoms with Crippen molar-refractivity contribution in [2.45, 2.75) is 44.1 Å². The summed E-state index contributed by atoms with van der Waals surface area (Å²) in [6, 6.07) is 10.4. The van der Waals surface area contributed by atoms with Gasteiger partial charge in [-0.1, -0.05) is 24.3 Å². The molecule has 4 rings (SSSR count). The average molecular weight is 412 g/mol. The van der Waals surface area contributed by atoms with Gasteiger partial charge in [0, 0.05) is 45.4 Å². The van der Waals surface area contributed by atoms with Crippen molar-refractivity contribution in [1.82, 2.24) is 20.2 Å². The van der Waals surface area contributed by atoms with E-state index in [-0.39, 0.29) is 18.1 Å². The summed E-state index contributed by atoms with van der Waals surface area (Å²) in [7, 11) is 1.71. The molecule has 8 heteroatoms. The van der Waals surface area contributed by atoms with Crippen molar-refractivity contribution in [3.05, 3.63) is 53.5 Å². The Labute approximate surface area is 176 Å². The molecule has 1 aliphatic heterocycles. The maximum atomic E-state index is 12.5. The van der Waals surface area contributed by atoms with Crippen LogP contribution in [0.5, 0.6) is 0 Å². The average Bonchev–Trinajstić information content (AvgIpc) is 2.74. The summed E-state index contributed by atoms with van der Waals surface area (Å²) >= 11 is 0. The number of aliphatic hydroxyl groups excluding tert-OH is 1. The van der Waals surface area contributed by atoms with Crippen LogP contribution in [0.4, 0.5) is 5.82 Å². The van der Waals surface area contributed by atoms with Gasteiger partial charge in [0.15, 0.2) is 0 Å². The molecule has 2 aromatic rings. The quantitative estimate of drug-likeness (QED) is 0.600. The van der Waals surface area contributed by atoms with E-state index in [1.807, 2.05) is 6.07 Å². The molecule has 30 heavy (non-hydrogen) atoms. The van der Waals surface area contributed by atoms with E-state index < -0.39 is 6.10 Å². The molecular weight excluding hydrogens is 382 g/mol. The lowest BCUT2D eigenvalue weighted by Gasteiger charge is -2.34. The van der Waals surface area contributed by atoms with E-state index in [0.717, 1.165) is 32.4 Å². The minimum absolute atomic E-state index is 0.182. The molecular formula is C22H29N5O3. The molecule has 0 spiro atoms. The number of aliphatic hydroxyl groups is 1. The van der Waals surface area contributed by atoms with Gasteiger partial charge in [-0.3, -0.25) is 9.69 Å². The van der Waals surface area contributed by atoms with Gasteiger partial charge in [-0.15, -0.1) is 0 Å². The minimum atomic E-state index is -0.639. The molecule has 2 aliphatic rings. The van der Waals surface area contributed by atoms with Crippen LogP contribution in [0.15, 0.2) is 36.7 Å². The molecule has 0 unspecified atom stereocenters. The highest BCUT2D eigenvalue weighted by Crippen LogP contribution is 2.25. The number of amides is 1. The van der Waals surface area contributed by atoms with Crippen molar-refractivity contribution in [3.63, 3.8) is 0 Å². The van der Waals surface area contributed by atoms with Gasteiger partial charge in [0.25, 0.3) is 5.91 Å². The van der Waals surface area contributed by atoms with Gasteiger partial charge in [-0.2, -0.15) is 0 Å². The van der Waals surface area contributed by atoms with E-state index >= 15 is 0 Å². The Hall–Kier alpha value is -2.55. The van der Waals surface area contributed by atoms with Crippen molar-refractivity contribution in [2.75, 3.05) is 32.1 Å². The van der Waals surface area contributed by atoms with Crippen LogP contribution < -0.4 is 10.6 Å². The first-order chi connectivity index (χ1) is 14.6. The number of hydrogen-bond acceptors (Lipinski definition) is 7. The zero-order valence-corrected chi connectivity index (χ0v) is 17.3. The molecule has 1 aliphatic carbocycles. The monoisotopic (exact) mass is 411 g/mol. The van der Waals surface area contributed by atoms with Crippen LogP contribution in [0, 0.1) is 0 Å². The Balaban J connectivity index is 1.23. The molecule has 1 aromatic heterocycles. The maximum absolute atomic E-state index is 12.5. The van der Waals surface area contributed by atoms with Crippen LogP contribution in [0.3, 0.4) is 0 Å². The first kappa shape index (κ1) is 20.7. The molecule has 1 atom stereocenters. The van der Waals surface area contributed by atoms with E-state index in [4.69, 9.17) is 4.74 Å². The highest BCUT2D eigenvalue weighted by molar-refractivity contribution is 5.92. The predicted molar refractivity (Wildman–Crippen MR) is 113 cm³/mol. The highest BCUT2D eigenvalue weighted by Gasteiger charge is 2.29. The normalized spacial score (nSPS) is 21.9. The number of fused-ring (bicyclic) bond motifs is 1. The summed E-state index contributed by atoms with van der Waals surface area (Å²) in [5, 5.41) is 16.5. The summed E-state index contributed by atoms with van der Waals surface area (Å²) in [6.07, 6.45) is 3.87. The number of rotatable bonds is 8. The fraction of sp³-hybridized carbons (Fsp3) is 0.500. The first-order valence-electron chi connectivity index (χ1n) is 10.5. The molecule has 160 valence electrons. The van der Waals surface area contributed by atoms with E-state index in [1.54, 1.807) is 13.2 Å². The van der Waals surface area contributed by atoms with Gasteiger partial charge in [0.2, 0.25) is 0 Å². The number of hydrogen-bond donors (Lipinski definition) is 3. The predicted octanol–water partition coefficient (Wildman–Crippen LogP) is 1.21. The number of carbonyl (C=O) groups is 1. The maximum Gasteiger partial charge on any atom is 0.270 e. The van der Waals surface area contributed by atoms with Gasteiger partial charge in [0.1, 0.15) is 17.8 Å². The van der Waals surface area contributed by atoms with Crippen molar-refractivity contribution in [1.29, 1.82) is 0 Å². The van der Waals surface area contributed by atoms with Crippen LogP contribution in [0.25, 0.3) is 0 Å². The molecule has 8 nitrogen and oxygen atoms in total. The number of β-amino-alcohol motifs (C(OH)–C–C–N with tert-alkyl or cyclic N) is 1. The number of nitrogens with one attached hydrogen (secondary N) is 2. The van der Waals surface area contributed by atoms with Gasteiger partial charge in [-0.05, 0) is 30.4 Å². The second-order valence-corrected chi connectivity index (χ2v) is 8.08. The lowest BCUT2D eigenvalue weighted by Crippen LogP contribution is -2.42. The zero-order chi connectivity index (χ0) is 20.9. The number of anilines is 1. The summed E-state index contributed by atoms with van der Waals surface area (Å²) in [4.78, 5) is 22.9. The number of ether oxygens (including phenoxy) is 1. The van der Waals surface area contributed by atoms with Gasteiger partial charge in [-0.25, -0.2) is 9.97 Å². The van der Waals surface area contributed by atoms with Gasteiger partial charge >= 0.3 is 0 Å². The van der Waals surface area contributed by atoms with Crippen molar-refractivity contribution >= 4 is 11.7 Å². The number of nitrogens with zero attached hydrogens (tertiary/aromatic N) is 3. The summed E-state index contributed by atoms with van der Waals surface area (Å²) in [5.41, 5.74) is 2.97. The molecule has 2 heterocycles. The van der Waals surface area contributed by atoms with E-state index in [2.05, 4.69) is 43.7 Å². The van der Waals surface area contributed by atoms with Gasteiger partial charge in [0.05, 0.1) is 12.2 Å². The van der Waals surface area contributed by atoms with Crippen LogP contribution in [0.2, 0.25) is 0 Å². The molecule has 3 N–H and O–H groups in total. The Morgan fingerprint density at radius 3 is 2.90 bits per heavy atom. The number of methoxy groups -OCH3 is 1. The molecule has 0 radical (unpaired) electrons. The largest absolute Gasteiger partial charge is 0.390 e. The number of carbonyl (C=O) groups excluding carboxylic acids is 1. The summed E-state index contributed by atoms with van der Waals surface area (Å²) in [5.74, 6) is 0.314. The molecule has 1 aromatic carbocycles. The second kappa shape index (κ2) is 9.51. The smallest absolute Gasteiger partial charge is 0.270 e. The third-order valence-electron chi connectivity index (χ3n) is 5.86. The third-order valence-corrected chi connectivity index (χ3v) is 5.86. The lowest BCUT2D eigenvalue weighted by atomic mass is 9.89. The van der Waals surface area contributed by atoms with Crippen LogP contribution in [-0.2, 0) is 17.7 Å². The topological polar surface area (TPSA) is 99.6 Å². The summed E-state index contributed by atoms with van der Waals surface area (Å²) in [6.45, 7) is 2.44. The number of benzene rings is 1. The number of aromatic nitrogens is 2. The Kier molecular flexibility index (Phi) is 6.56. The Morgan fingerprint density at radius 2 is 2.10 bits per heavy atom. The van der Waals surface area contributed by atoms with Crippen molar-refractivity contribution < 1.29 is 14.6 Å². The van der Waals surface area contributed by atoms with E-state index in [0.29, 0.717) is 24.5 Å². The molecule has 0 bridgehead atoms. The lowest BCUT2D eigenvalue weighted by molar-refractivity contribution is 0.0328. The molecule has 1 fully saturated rings. The highest BCUT2D eigenvalue weighted by atomic mass is 16.5. The van der Waals surface area contributed by atoms with Gasteiger partial charge < -0.3 is 20.5 Å².